The van der Waals surface area contributed by atoms with Gasteiger partial charge in [-0.15, -0.1) is 0 Å². The predicted molar refractivity (Wildman–Crippen MR) is 38.8 cm³/mol. The first-order chi connectivity index (χ1) is 4.41. The maximum Gasteiger partial charge on any atom is 0.0912 e. The van der Waals surface area contributed by atoms with Gasteiger partial charge in [-0.05, 0) is 6.92 Å². The van der Waals surface area contributed by atoms with Crippen LogP contribution < -0.4 is 0 Å². The fraction of sp³-hybridized carbons (Fsp3) is 0.500. The molecule has 0 heterocycles. The summed E-state index contributed by atoms with van der Waals surface area (Å²) in [5.74, 6) is 5.70. The Balaban J connectivity index is 3.23. The van der Waals surface area contributed by atoms with Crippen LogP contribution in [0.5, 0.6) is 0 Å². The minimum atomic E-state index is 0.713. The van der Waals surface area contributed by atoms with Gasteiger partial charge in [0.05, 0.1) is 12.9 Å². The van der Waals surface area contributed by atoms with Crippen LogP contribution in [0.25, 0.3) is 0 Å². The topological polar surface area (TPSA) is 9.23 Å². The first-order valence-electron chi connectivity index (χ1n) is 3.16. The Kier molecular flexibility index (Phi) is 6.39. The first-order valence-corrected chi connectivity index (χ1v) is 3.16. The van der Waals surface area contributed by atoms with E-state index >= 15 is 0 Å². The second-order valence-corrected chi connectivity index (χ2v) is 1.43. The lowest BCUT2D eigenvalue weighted by molar-refractivity contribution is 0.269. The lowest BCUT2D eigenvalue weighted by atomic mass is 10.5. The number of hydrogen-bond acceptors (Lipinski definition) is 1. The minimum Gasteiger partial charge on any atom is -0.501 e. The Labute approximate surface area is 56.7 Å². The average Bonchev–Trinajstić information content (AvgIpc) is 1.89. The second kappa shape index (κ2) is 7.10. The highest BCUT2D eigenvalue weighted by Gasteiger charge is 1.64. The molecule has 0 N–H and O–H groups in total. The van der Waals surface area contributed by atoms with Crippen LogP contribution in [0.1, 0.15) is 20.3 Å². The third-order valence-electron chi connectivity index (χ3n) is 0.693. The highest BCUT2D eigenvalue weighted by Crippen LogP contribution is 1.74. The van der Waals surface area contributed by atoms with Gasteiger partial charge in [-0.3, -0.25) is 0 Å². The summed E-state index contributed by atoms with van der Waals surface area (Å²) in [5, 5.41) is 0. The number of hydrogen-bond donors (Lipinski definition) is 0. The Bertz CT molecular complexity index is 125. The monoisotopic (exact) mass is 124 g/mol. The van der Waals surface area contributed by atoms with Gasteiger partial charge >= 0.3 is 0 Å². The third kappa shape index (κ3) is 7.10. The molecule has 50 valence electrons. The van der Waals surface area contributed by atoms with E-state index < -0.39 is 0 Å². The molecule has 0 aliphatic heterocycles. The Morgan fingerprint density at radius 3 is 2.78 bits per heavy atom. The van der Waals surface area contributed by atoms with Gasteiger partial charge in [0.2, 0.25) is 0 Å². The summed E-state index contributed by atoms with van der Waals surface area (Å²) < 4.78 is 4.90. The van der Waals surface area contributed by atoms with E-state index in [0.29, 0.717) is 6.61 Å². The predicted octanol–water partition coefficient (Wildman–Crippen LogP) is 1.95. The van der Waals surface area contributed by atoms with Gasteiger partial charge < -0.3 is 4.74 Å². The summed E-state index contributed by atoms with van der Waals surface area (Å²) in [6.45, 7) is 4.67. The van der Waals surface area contributed by atoms with Crippen molar-refractivity contribution < 1.29 is 4.74 Å². The Morgan fingerprint density at radius 1 is 1.44 bits per heavy atom. The fourth-order valence-corrected chi connectivity index (χ4v) is 0.339. The molecule has 0 fully saturated rings. The van der Waals surface area contributed by atoms with Crippen molar-refractivity contribution in [3.8, 4) is 11.8 Å². The molecule has 0 aliphatic carbocycles. The van der Waals surface area contributed by atoms with Gasteiger partial charge in [-0.1, -0.05) is 18.8 Å². The van der Waals surface area contributed by atoms with E-state index in [2.05, 4.69) is 11.8 Å². The molecule has 0 aromatic rings. The van der Waals surface area contributed by atoms with Crippen molar-refractivity contribution in [3.63, 3.8) is 0 Å². The summed E-state index contributed by atoms with van der Waals surface area (Å²) in [7, 11) is 0. The largest absolute Gasteiger partial charge is 0.501 e. The molecule has 0 amide bonds. The van der Waals surface area contributed by atoms with Crippen molar-refractivity contribution in [3.05, 3.63) is 12.3 Å². The Morgan fingerprint density at radius 2 is 2.22 bits per heavy atom. The van der Waals surface area contributed by atoms with E-state index in [9.17, 15) is 0 Å². The van der Waals surface area contributed by atoms with Gasteiger partial charge in [0.1, 0.15) is 0 Å². The number of ether oxygens (including phenoxy) is 1. The van der Waals surface area contributed by atoms with Gasteiger partial charge in [0, 0.05) is 12.5 Å². The molecule has 1 heteroatoms. The van der Waals surface area contributed by atoms with E-state index in [4.69, 9.17) is 4.74 Å². The smallest absolute Gasteiger partial charge is 0.0912 e. The molecule has 0 spiro atoms. The van der Waals surface area contributed by atoms with Crippen LogP contribution in [0.2, 0.25) is 0 Å². The van der Waals surface area contributed by atoms with Crippen molar-refractivity contribution in [1.29, 1.82) is 0 Å². The molecule has 1 nitrogen and oxygen atoms in total. The summed E-state index contributed by atoms with van der Waals surface area (Å²) >= 11 is 0. The van der Waals surface area contributed by atoms with Crippen LogP contribution in [0, 0.1) is 11.8 Å². The van der Waals surface area contributed by atoms with Crippen molar-refractivity contribution >= 4 is 0 Å². The molecular formula is C8H12O. The van der Waals surface area contributed by atoms with E-state index in [1.54, 1.807) is 12.3 Å². The minimum absolute atomic E-state index is 0.713. The van der Waals surface area contributed by atoms with Crippen molar-refractivity contribution in [2.45, 2.75) is 20.3 Å². The van der Waals surface area contributed by atoms with Crippen LogP contribution in [0.3, 0.4) is 0 Å². The molecule has 0 saturated heterocycles. The zero-order valence-corrected chi connectivity index (χ0v) is 5.98. The Hall–Kier alpha value is -0.900. The van der Waals surface area contributed by atoms with Crippen LogP contribution in [-0.4, -0.2) is 6.61 Å². The molecule has 0 radical (unpaired) electrons. The molecule has 0 aromatic carbocycles. The molecule has 0 rings (SSSR count). The molecule has 0 bridgehead atoms. The van der Waals surface area contributed by atoms with Crippen LogP contribution in [0.15, 0.2) is 12.3 Å². The zero-order valence-electron chi connectivity index (χ0n) is 5.98. The standard InChI is InChI=1S/C8H12O/c1-3-5-6-7-8-9-4-2/h7-8H,3-4H2,1-2H3/b8-7+. The van der Waals surface area contributed by atoms with Crippen molar-refractivity contribution in [2.75, 3.05) is 6.61 Å². The maximum atomic E-state index is 4.90. The highest BCUT2D eigenvalue weighted by atomic mass is 16.5. The molecule has 0 unspecified atom stereocenters. The summed E-state index contributed by atoms with van der Waals surface area (Å²) in [6.07, 6.45) is 4.23. The molecular weight excluding hydrogens is 112 g/mol. The summed E-state index contributed by atoms with van der Waals surface area (Å²) in [6, 6.07) is 0. The molecule has 9 heavy (non-hydrogen) atoms. The average molecular weight is 124 g/mol. The van der Waals surface area contributed by atoms with E-state index in [1.807, 2.05) is 13.8 Å². The third-order valence-corrected chi connectivity index (χ3v) is 0.693. The molecule has 0 aliphatic rings. The number of rotatable bonds is 2. The lowest BCUT2D eigenvalue weighted by Crippen LogP contribution is -1.74. The normalized spacial score (nSPS) is 8.67. The first kappa shape index (κ1) is 8.10. The van der Waals surface area contributed by atoms with Crippen molar-refractivity contribution in [2.24, 2.45) is 0 Å². The van der Waals surface area contributed by atoms with E-state index in [1.165, 1.54) is 0 Å². The SMILES string of the molecule is CCC#C/C=C/OCC. The quantitative estimate of drug-likeness (QED) is 0.404. The second-order valence-electron chi connectivity index (χ2n) is 1.43. The summed E-state index contributed by atoms with van der Waals surface area (Å²) in [4.78, 5) is 0. The van der Waals surface area contributed by atoms with Crippen LogP contribution in [0.4, 0.5) is 0 Å². The molecule has 0 saturated carbocycles. The van der Waals surface area contributed by atoms with Crippen molar-refractivity contribution in [1.82, 2.24) is 0 Å². The van der Waals surface area contributed by atoms with E-state index in [0.717, 1.165) is 6.42 Å². The maximum absolute atomic E-state index is 4.90. The molecule has 0 atom stereocenters. The fourth-order valence-electron chi connectivity index (χ4n) is 0.339. The molecule has 0 aromatic heterocycles. The van der Waals surface area contributed by atoms with Gasteiger partial charge in [0.25, 0.3) is 0 Å². The van der Waals surface area contributed by atoms with Gasteiger partial charge in [0.15, 0.2) is 0 Å². The number of allylic oxidation sites excluding steroid dienone is 1. The van der Waals surface area contributed by atoms with Gasteiger partial charge in [-0.2, -0.15) is 0 Å². The lowest BCUT2D eigenvalue weighted by Gasteiger charge is -1.86. The van der Waals surface area contributed by atoms with Crippen LogP contribution >= 0.6 is 0 Å². The van der Waals surface area contributed by atoms with E-state index in [-0.39, 0.29) is 0 Å². The van der Waals surface area contributed by atoms with Crippen LogP contribution in [-0.2, 0) is 4.74 Å². The summed E-state index contributed by atoms with van der Waals surface area (Å²) in [5.41, 5.74) is 0. The highest BCUT2D eigenvalue weighted by molar-refractivity contribution is 5.12. The van der Waals surface area contributed by atoms with Gasteiger partial charge in [-0.25, -0.2) is 0 Å². The zero-order chi connectivity index (χ0) is 6.95.